The predicted molar refractivity (Wildman–Crippen MR) is 90.7 cm³/mol. The van der Waals surface area contributed by atoms with Crippen molar-refractivity contribution in [2.24, 2.45) is 0 Å². The normalized spacial score (nSPS) is 24.7. The van der Waals surface area contributed by atoms with Gasteiger partial charge in [-0.2, -0.15) is 13.2 Å². The van der Waals surface area contributed by atoms with Gasteiger partial charge < -0.3 is 15.4 Å². The van der Waals surface area contributed by atoms with E-state index in [1.54, 1.807) is 0 Å². The molecule has 2 aliphatic heterocycles. The van der Waals surface area contributed by atoms with E-state index in [9.17, 15) is 18.0 Å². The van der Waals surface area contributed by atoms with E-state index in [4.69, 9.17) is 0 Å². The number of hydrogen-bond donors (Lipinski definition) is 2. The van der Waals surface area contributed by atoms with Gasteiger partial charge in [0.05, 0.1) is 0 Å². The Labute approximate surface area is 155 Å². The Hall–Kier alpha value is -1.25. The number of nitrogens with one attached hydrogen (secondary N) is 2. The molecule has 1 amide bonds. The SMILES string of the molecule is Cl.Cl.O=C(NC1CC2CCC(C1)N2)c1cccnc1OCC(F)(F)F. The number of piperidine rings is 1. The van der Waals surface area contributed by atoms with E-state index >= 15 is 0 Å². The maximum absolute atomic E-state index is 12.4. The molecule has 2 aliphatic rings. The molecule has 3 rings (SSSR count). The molecule has 2 fully saturated rings. The first-order chi connectivity index (χ1) is 10.9. The summed E-state index contributed by atoms with van der Waals surface area (Å²) in [6.45, 7) is -1.47. The van der Waals surface area contributed by atoms with Crippen LogP contribution in [0.15, 0.2) is 18.3 Å². The molecule has 2 bridgehead atoms. The number of halogens is 5. The summed E-state index contributed by atoms with van der Waals surface area (Å²) >= 11 is 0. The van der Waals surface area contributed by atoms with Gasteiger partial charge in [-0.15, -0.1) is 24.8 Å². The zero-order valence-corrected chi connectivity index (χ0v) is 14.8. The summed E-state index contributed by atoms with van der Waals surface area (Å²) in [6.07, 6.45) is 0.697. The van der Waals surface area contributed by atoms with Gasteiger partial charge in [0.2, 0.25) is 5.88 Å². The molecule has 0 radical (unpaired) electrons. The van der Waals surface area contributed by atoms with Crippen LogP contribution in [-0.4, -0.2) is 41.8 Å². The molecule has 2 unspecified atom stereocenters. The summed E-state index contributed by atoms with van der Waals surface area (Å²) in [5, 5.41) is 6.36. The molecule has 3 heterocycles. The van der Waals surface area contributed by atoms with Gasteiger partial charge in [0, 0.05) is 24.3 Å². The molecule has 1 aromatic rings. The number of ether oxygens (including phenoxy) is 1. The van der Waals surface area contributed by atoms with Crippen molar-refractivity contribution in [3.63, 3.8) is 0 Å². The third-order valence-corrected chi connectivity index (χ3v) is 4.20. The molecule has 0 aliphatic carbocycles. The van der Waals surface area contributed by atoms with Crippen LogP contribution in [0.5, 0.6) is 5.88 Å². The maximum atomic E-state index is 12.4. The highest BCUT2D eigenvalue weighted by atomic mass is 35.5. The Morgan fingerprint density at radius 2 is 1.92 bits per heavy atom. The summed E-state index contributed by atoms with van der Waals surface area (Å²) in [6, 6.07) is 3.77. The van der Waals surface area contributed by atoms with Gasteiger partial charge in [0.1, 0.15) is 5.56 Å². The van der Waals surface area contributed by atoms with Crippen molar-refractivity contribution in [1.29, 1.82) is 0 Å². The largest absolute Gasteiger partial charge is 0.467 e. The van der Waals surface area contributed by atoms with Gasteiger partial charge in [0.15, 0.2) is 6.61 Å². The molecule has 2 N–H and O–H groups in total. The minimum absolute atomic E-state index is 0. The zero-order valence-electron chi connectivity index (χ0n) is 13.2. The van der Waals surface area contributed by atoms with Crippen molar-refractivity contribution in [3.8, 4) is 5.88 Å². The lowest BCUT2D eigenvalue weighted by Gasteiger charge is -2.29. The van der Waals surface area contributed by atoms with Crippen LogP contribution in [0.4, 0.5) is 13.2 Å². The molecule has 1 aromatic heterocycles. The summed E-state index contributed by atoms with van der Waals surface area (Å²) in [5.41, 5.74) is 0.0302. The smallest absolute Gasteiger partial charge is 0.422 e. The number of nitrogens with zero attached hydrogens (tertiary/aromatic N) is 1. The van der Waals surface area contributed by atoms with E-state index in [0.717, 1.165) is 25.7 Å². The van der Waals surface area contributed by atoms with E-state index in [2.05, 4.69) is 20.4 Å². The second-order valence-electron chi connectivity index (χ2n) is 6.04. The molecule has 5 nitrogen and oxygen atoms in total. The van der Waals surface area contributed by atoms with Crippen LogP contribution in [0.2, 0.25) is 0 Å². The van der Waals surface area contributed by atoms with Gasteiger partial charge >= 0.3 is 6.18 Å². The molecule has 10 heteroatoms. The van der Waals surface area contributed by atoms with Gasteiger partial charge in [0.25, 0.3) is 5.91 Å². The number of carbonyl (C=O) groups excluding carboxylic acids is 1. The lowest BCUT2D eigenvalue weighted by atomic mass is 9.99. The number of hydrogen-bond acceptors (Lipinski definition) is 4. The number of aromatic nitrogens is 1. The van der Waals surface area contributed by atoms with E-state index in [0.29, 0.717) is 12.1 Å². The maximum Gasteiger partial charge on any atom is 0.422 e. The Bertz CT molecular complexity index is 577. The fourth-order valence-electron chi connectivity index (χ4n) is 3.27. The average Bonchev–Trinajstić information content (AvgIpc) is 2.83. The van der Waals surface area contributed by atoms with Crippen molar-refractivity contribution in [1.82, 2.24) is 15.6 Å². The molecule has 25 heavy (non-hydrogen) atoms. The molecule has 142 valence electrons. The van der Waals surface area contributed by atoms with Crippen molar-refractivity contribution >= 4 is 30.7 Å². The van der Waals surface area contributed by atoms with Crippen LogP contribution < -0.4 is 15.4 Å². The summed E-state index contributed by atoms with van der Waals surface area (Å²) in [7, 11) is 0. The van der Waals surface area contributed by atoms with Gasteiger partial charge in [-0.3, -0.25) is 4.79 Å². The number of pyridine rings is 1. The summed E-state index contributed by atoms with van der Waals surface area (Å²) < 4.78 is 41.5. The van der Waals surface area contributed by atoms with Crippen LogP contribution in [-0.2, 0) is 0 Å². The first-order valence-corrected chi connectivity index (χ1v) is 7.62. The molecular weight excluding hydrogens is 382 g/mol. The van der Waals surface area contributed by atoms with Crippen LogP contribution in [0.1, 0.15) is 36.0 Å². The fraction of sp³-hybridized carbons (Fsp3) is 0.600. The van der Waals surface area contributed by atoms with Crippen LogP contribution in [0.25, 0.3) is 0 Å². The van der Waals surface area contributed by atoms with Crippen molar-refractivity contribution in [2.75, 3.05) is 6.61 Å². The molecule has 2 atom stereocenters. The van der Waals surface area contributed by atoms with Gasteiger partial charge in [-0.25, -0.2) is 4.98 Å². The highest BCUT2D eigenvalue weighted by Crippen LogP contribution is 2.27. The second kappa shape index (κ2) is 8.91. The Morgan fingerprint density at radius 3 is 2.52 bits per heavy atom. The second-order valence-corrected chi connectivity index (χ2v) is 6.04. The quantitative estimate of drug-likeness (QED) is 0.813. The summed E-state index contributed by atoms with van der Waals surface area (Å²) in [4.78, 5) is 16.1. The number of carbonyl (C=O) groups is 1. The highest BCUT2D eigenvalue weighted by molar-refractivity contribution is 5.96. The summed E-state index contributed by atoms with van der Waals surface area (Å²) in [5.74, 6) is -0.735. The third kappa shape index (κ3) is 5.90. The van der Waals surface area contributed by atoms with E-state index < -0.39 is 18.7 Å². The average molecular weight is 402 g/mol. The minimum atomic E-state index is -4.47. The van der Waals surface area contributed by atoms with Crippen molar-refractivity contribution in [2.45, 2.75) is 50.0 Å². The highest BCUT2D eigenvalue weighted by Gasteiger charge is 2.34. The predicted octanol–water partition coefficient (Wildman–Crippen LogP) is 2.88. The van der Waals surface area contributed by atoms with Crippen LogP contribution in [0, 0.1) is 0 Å². The zero-order chi connectivity index (χ0) is 16.4. The number of fused-ring (bicyclic) bond motifs is 2. The van der Waals surface area contributed by atoms with Gasteiger partial charge in [-0.05, 0) is 37.8 Å². The molecule has 0 saturated carbocycles. The van der Waals surface area contributed by atoms with E-state index in [1.165, 1.54) is 18.3 Å². The minimum Gasteiger partial charge on any atom is -0.467 e. The lowest BCUT2D eigenvalue weighted by molar-refractivity contribution is -0.154. The number of rotatable bonds is 4. The standard InChI is InChI=1S/C15H18F3N3O2.2ClH/c16-15(17,18)8-23-14-12(2-1-5-19-14)13(22)21-11-6-9-3-4-10(7-11)20-9;;/h1-2,5,9-11,20H,3-4,6-8H2,(H,21,22);2*1H. The molecular formula is C15H20Cl2F3N3O2. The topological polar surface area (TPSA) is 63.2 Å². The van der Waals surface area contributed by atoms with E-state index in [1.807, 2.05) is 0 Å². The number of amides is 1. The van der Waals surface area contributed by atoms with Gasteiger partial charge in [-0.1, -0.05) is 0 Å². The first-order valence-electron chi connectivity index (χ1n) is 7.62. The van der Waals surface area contributed by atoms with E-state index in [-0.39, 0.29) is 42.3 Å². The lowest BCUT2D eigenvalue weighted by Crippen LogP contribution is -2.48. The Balaban J connectivity index is 0.00000156. The third-order valence-electron chi connectivity index (χ3n) is 4.20. The molecule has 0 spiro atoms. The number of alkyl halides is 3. The Morgan fingerprint density at radius 1 is 1.28 bits per heavy atom. The van der Waals surface area contributed by atoms with Crippen LogP contribution in [0.3, 0.4) is 0 Å². The van der Waals surface area contributed by atoms with Crippen LogP contribution >= 0.6 is 24.8 Å². The Kier molecular flexibility index (Phi) is 7.77. The first kappa shape index (κ1) is 21.8. The fourth-order valence-corrected chi connectivity index (χ4v) is 3.27. The molecule has 2 saturated heterocycles. The van der Waals surface area contributed by atoms with Crippen molar-refractivity contribution < 1.29 is 22.7 Å². The monoisotopic (exact) mass is 401 g/mol. The molecule has 0 aromatic carbocycles. The van der Waals surface area contributed by atoms with Crippen molar-refractivity contribution in [3.05, 3.63) is 23.9 Å².